The van der Waals surface area contributed by atoms with Crippen LogP contribution in [0.1, 0.15) is 18.9 Å². The summed E-state index contributed by atoms with van der Waals surface area (Å²) < 4.78 is 5.13. The minimum atomic E-state index is 0.216. The number of hydrogen-bond acceptors (Lipinski definition) is 5. The van der Waals surface area contributed by atoms with E-state index in [1.54, 1.807) is 18.5 Å². The van der Waals surface area contributed by atoms with Crippen LogP contribution < -0.4 is 11.1 Å². The smallest absolute Gasteiger partial charge is 0.224 e. The second kappa shape index (κ2) is 7.86. The molecule has 3 N–H and O–H groups in total. The summed E-state index contributed by atoms with van der Waals surface area (Å²) in [6.45, 7) is 3.93. The Morgan fingerprint density at radius 2 is 2.41 bits per heavy atom. The normalized spacial score (nSPS) is 10.8. The Hall–Kier alpha value is -1.33. The monoisotopic (exact) mass is 256 g/mol. The number of hydrogen-bond donors (Lipinski definition) is 2. The Labute approximate surface area is 106 Å². The maximum atomic E-state index is 5.75. The van der Waals surface area contributed by atoms with Gasteiger partial charge in [-0.25, -0.2) is 9.97 Å². The highest BCUT2D eigenvalue weighted by Gasteiger charge is 2.03. The third-order valence-corrected chi connectivity index (χ3v) is 2.15. The molecule has 0 saturated carbocycles. The van der Waals surface area contributed by atoms with Crippen molar-refractivity contribution in [1.29, 1.82) is 0 Å². The Morgan fingerprint density at radius 3 is 3.12 bits per heavy atom. The molecule has 0 unspecified atom stereocenters. The zero-order valence-corrected chi connectivity index (χ0v) is 10.6. The Balaban J connectivity index is 2.72. The van der Waals surface area contributed by atoms with Gasteiger partial charge >= 0.3 is 0 Å². The van der Waals surface area contributed by atoms with Gasteiger partial charge in [-0.05, 0) is 37.6 Å². The molecule has 0 bridgehead atoms. The molecule has 1 aromatic heterocycles. The molecule has 0 aliphatic carbocycles. The fraction of sp³-hybridized carbons (Fsp3) is 0.455. The molecular formula is C11H17ClN4O. The molecule has 0 radical (unpaired) electrons. The first-order chi connectivity index (χ1) is 8.27. The average Bonchev–Trinajstić information content (AvgIpc) is 2.32. The van der Waals surface area contributed by atoms with Gasteiger partial charge in [0.15, 0.2) is 0 Å². The lowest BCUT2D eigenvalue weighted by atomic mass is 10.3. The van der Waals surface area contributed by atoms with E-state index in [2.05, 4.69) is 15.3 Å². The molecule has 0 atom stereocenters. The predicted molar refractivity (Wildman–Crippen MR) is 69.9 cm³/mol. The molecule has 0 saturated heterocycles. The van der Waals surface area contributed by atoms with Gasteiger partial charge in [0.05, 0.1) is 12.9 Å². The van der Waals surface area contributed by atoms with Crippen LogP contribution in [0.3, 0.4) is 0 Å². The molecule has 0 aliphatic heterocycles. The summed E-state index contributed by atoms with van der Waals surface area (Å²) in [4.78, 5) is 8.05. The summed E-state index contributed by atoms with van der Waals surface area (Å²) in [5.41, 5.74) is 6.26. The van der Waals surface area contributed by atoms with Gasteiger partial charge in [0, 0.05) is 18.3 Å². The van der Waals surface area contributed by atoms with E-state index in [9.17, 15) is 0 Å². The molecule has 0 aromatic carbocycles. The van der Waals surface area contributed by atoms with E-state index >= 15 is 0 Å². The van der Waals surface area contributed by atoms with Gasteiger partial charge in [-0.1, -0.05) is 0 Å². The Kier molecular flexibility index (Phi) is 6.35. The third kappa shape index (κ3) is 5.01. The van der Waals surface area contributed by atoms with Crippen molar-refractivity contribution in [3.63, 3.8) is 0 Å². The molecule has 1 aromatic rings. The lowest BCUT2D eigenvalue weighted by Gasteiger charge is -2.07. The lowest BCUT2D eigenvalue weighted by Crippen LogP contribution is -2.10. The van der Waals surface area contributed by atoms with Gasteiger partial charge < -0.3 is 15.8 Å². The molecular weight excluding hydrogens is 240 g/mol. The van der Waals surface area contributed by atoms with Crippen molar-refractivity contribution in [2.75, 3.05) is 25.0 Å². The Morgan fingerprint density at radius 1 is 1.59 bits per heavy atom. The molecule has 5 nitrogen and oxygen atoms in total. The van der Waals surface area contributed by atoms with Crippen molar-refractivity contribution in [2.24, 2.45) is 5.73 Å². The van der Waals surface area contributed by atoms with Crippen LogP contribution in [0.25, 0.3) is 6.08 Å². The lowest BCUT2D eigenvalue weighted by molar-refractivity contribution is 0.272. The van der Waals surface area contributed by atoms with Crippen LogP contribution >= 0.6 is 11.6 Å². The summed E-state index contributed by atoms with van der Waals surface area (Å²) in [6, 6.07) is 0. The fourth-order valence-electron chi connectivity index (χ4n) is 1.16. The van der Waals surface area contributed by atoms with Crippen LogP contribution in [0, 0.1) is 0 Å². The number of ether oxygens (including phenoxy) is 1. The summed E-state index contributed by atoms with van der Waals surface area (Å²) in [7, 11) is 0. The molecule has 0 fully saturated rings. The van der Waals surface area contributed by atoms with Gasteiger partial charge in [0.1, 0.15) is 5.82 Å². The van der Waals surface area contributed by atoms with Gasteiger partial charge in [0.25, 0.3) is 0 Å². The SMILES string of the molecule is CCOC=Cc1cnc(Cl)nc1NCCCN. The second-order valence-corrected chi connectivity index (χ2v) is 3.61. The topological polar surface area (TPSA) is 73.1 Å². The molecule has 0 spiro atoms. The minimum Gasteiger partial charge on any atom is -0.501 e. The maximum Gasteiger partial charge on any atom is 0.224 e. The number of nitrogens with zero attached hydrogens (tertiary/aromatic N) is 2. The Bertz CT molecular complexity index is 370. The zero-order chi connectivity index (χ0) is 12.5. The molecule has 94 valence electrons. The van der Waals surface area contributed by atoms with Crippen LogP contribution in [-0.2, 0) is 4.74 Å². The van der Waals surface area contributed by atoms with Crippen molar-refractivity contribution >= 4 is 23.5 Å². The molecule has 17 heavy (non-hydrogen) atoms. The van der Waals surface area contributed by atoms with Crippen molar-refractivity contribution < 1.29 is 4.74 Å². The van der Waals surface area contributed by atoms with E-state index < -0.39 is 0 Å². The van der Waals surface area contributed by atoms with E-state index in [1.165, 1.54) is 0 Å². The highest BCUT2D eigenvalue weighted by atomic mass is 35.5. The van der Waals surface area contributed by atoms with E-state index in [1.807, 2.05) is 6.92 Å². The summed E-state index contributed by atoms with van der Waals surface area (Å²) in [6.07, 6.45) is 5.93. The first-order valence-electron chi connectivity index (χ1n) is 5.52. The van der Waals surface area contributed by atoms with Crippen molar-refractivity contribution in [3.05, 3.63) is 23.3 Å². The molecule has 1 heterocycles. The first kappa shape index (κ1) is 13.7. The summed E-state index contributed by atoms with van der Waals surface area (Å²) in [5.74, 6) is 0.689. The van der Waals surface area contributed by atoms with Gasteiger partial charge in [-0.3, -0.25) is 0 Å². The molecule has 0 amide bonds. The number of nitrogens with two attached hydrogens (primary N) is 1. The van der Waals surface area contributed by atoms with Crippen LogP contribution in [0.15, 0.2) is 12.5 Å². The van der Waals surface area contributed by atoms with E-state index in [4.69, 9.17) is 22.1 Å². The fourth-order valence-corrected chi connectivity index (χ4v) is 1.29. The maximum absolute atomic E-state index is 5.75. The molecule has 1 rings (SSSR count). The van der Waals surface area contributed by atoms with Crippen LogP contribution in [-0.4, -0.2) is 29.7 Å². The van der Waals surface area contributed by atoms with E-state index in [-0.39, 0.29) is 5.28 Å². The number of nitrogens with one attached hydrogen (secondary N) is 1. The first-order valence-corrected chi connectivity index (χ1v) is 5.90. The average molecular weight is 257 g/mol. The molecule has 0 aliphatic rings. The highest BCUT2D eigenvalue weighted by molar-refractivity contribution is 6.28. The van der Waals surface area contributed by atoms with Crippen molar-refractivity contribution in [2.45, 2.75) is 13.3 Å². The summed E-state index contributed by atoms with van der Waals surface area (Å²) >= 11 is 5.75. The van der Waals surface area contributed by atoms with Crippen LogP contribution in [0.5, 0.6) is 0 Å². The number of halogens is 1. The standard InChI is InChI=1S/C11H17ClN4O/c1-2-17-7-4-9-8-15-11(12)16-10(9)14-6-3-5-13/h4,7-8H,2-3,5-6,13H2,1H3,(H,14,15,16). The van der Waals surface area contributed by atoms with Gasteiger partial charge in [-0.2, -0.15) is 0 Å². The van der Waals surface area contributed by atoms with Crippen LogP contribution in [0.2, 0.25) is 5.28 Å². The highest BCUT2D eigenvalue weighted by Crippen LogP contribution is 2.15. The van der Waals surface area contributed by atoms with Gasteiger partial charge in [0.2, 0.25) is 5.28 Å². The second-order valence-electron chi connectivity index (χ2n) is 3.27. The number of rotatable bonds is 7. The minimum absolute atomic E-state index is 0.216. The van der Waals surface area contributed by atoms with Crippen molar-refractivity contribution in [3.8, 4) is 0 Å². The van der Waals surface area contributed by atoms with Crippen molar-refractivity contribution in [1.82, 2.24) is 9.97 Å². The van der Waals surface area contributed by atoms with Gasteiger partial charge in [-0.15, -0.1) is 0 Å². The number of anilines is 1. The zero-order valence-electron chi connectivity index (χ0n) is 9.82. The quantitative estimate of drug-likeness (QED) is 0.443. The predicted octanol–water partition coefficient (Wildman–Crippen LogP) is 1.90. The van der Waals surface area contributed by atoms with E-state index in [0.717, 1.165) is 18.5 Å². The number of aromatic nitrogens is 2. The van der Waals surface area contributed by atoms with E-state index in [0.29, 0.717) is 19.0 Å². The molecule has 6 heteroatoms. The third-order valence-electron chi connectivity index (χ3n) is 1.97. The van der Waals surface area contributed by atoms with Crippen LogP contribution in [0.4, 0.5) is 5.82 Å². The summed E-state index contributed by atoms with van der Waals surface area (Å²) in [5, 5.41) is 3.38. The largest absolute Gasteiger partial charge is 0.501 e.